The van der Waals surface area contributed by atoms with Crippen LogP contribution in [0.1, 0.15) is 37.8 Å². The molecule has 1 heterocycles. The molecule has 29 heavy (non-hydrogen) atoms. The van der Waals surface area contributed by atoms with Crippen molar-refractivity contribution in [2.24, 2.45) is 0 Å². The highest BCUT2D eigenvalue weighted by Crippen LogP contribution is 2.16. The first-order valence-corrected chi connectivity index (χ1v) is 10.9. The van der Waals surface area contributed by atoms with Crippen LogP contribution in [0.2, 0.25) is 0 Å². The zero-order valence-electron chi connectivity index (χ0n) is 17.8. The number of pyridine rings is 1. The molecule has 2 rings (SSSR count). The molecule has 0 aliphatic rings. The molecule has 2 aromatic rings. The van der Waals surface area contributed by atoms with Gasteiger partial charge in [0, 0.05) is 25.3 Å². The number of aromatic nitrogens is 1. The maximum Gasteiger partial charge on any atom is 0.253 e. The summed E-state index contributed by atoms with van der Waals surface area (Å²) in [6.45, 7) is 11.4. The summed E-state index contributed by atoms with van der Waals surface area (Å²) in [7, 11) is 0. The number of aliphatic hydroxyl groups is 1. The molecule has 0 saturated heterocycles. The summed E-state index contributed by atoms with van der Waals surface area (Å²) in [5, 5.41) is 14.2. The van der Waals surface area contributed by atoms with Gasteiger partial charge in [0.15, 0.2) is 5.11 Å². The van der Waals surface area contributed by atoms with Crippen LogP contribution in [0.4, 0.5) is 0 Å². The van der Waals surface area contributed by atoms with Crippen LogP contribution in [-0.4, -0.2) is 64.3 Å². The zero-order valence-corrected chi connectivity index (χ0v) is 18.6. The number of aliphatic hydroxyl groups excluding tert-OH is 1. The van der Waals surface area contributed by atoms with E-state index in [1.165, 1.54) is 0 Å². The molecular formula is C22H34N4O2S. The van der Waals surface area contributed by atoms with Gasteiger partial charge in [-0.1, -0.05) is 32.0 Å². The highest BCUT2D eigenvalue weighted by atomic mass is 32.1. The highest BCUT2D eigenvalue weighted by Gasteiger charge is 2.13. The molecule has 3 N–H and O–H groups in total. The van der Waals surface area contributed by atoms with Crippen LogP contribution >= 0.6 is 12.2 Å². The maximum atomic E-state index is 12.6. The highest BCUT2D eigenvalue weighted by molar-refractivity contribution is 7.80. The Bertz CT molecular complexity index is 848. The molecule has 0 fully saturated rings. The van der Waals surface area contributed by atoms with E-state index in [4.69, 9.17) is 12.2 Å². The van der Waals surface area contributed by atoms with Gasteiger partial charge in [-0.15, -0.1) is 0 Å². The first-order valence-electron chi connectivity index (χ1n) is 10.5. The minimum atomic E-state index is -0.0925. The fourth-order valence-electron chi connectivity index (χ4n) is 3.42. The molecule has 0 radical (unpaired) electrons. The predicted octanol–water partition coefficient (Wildman–Crippen LogP) is 2.63. The number of aryl methyl sites for hydroxylation is 1. The van der Waals surface area contributed by atoms with Gasteiger partial charge in [-0.2, -0.15) is 0 Å². The number of hydrogen-bond donors (Lipinski definition) is 3. The molecule has 0 unspecified atom stereocenters. The molecule has 0 aliphatic heterocycles. The van der Waals surface area contributed by atoms with E-state index >= 15 is 0 Å². The Labute approximate surface area is 178 Å². The fraction of sp³-hybridized carbons (Fsp3) is 0.545. The summed E-state index contributed by atoms with van der Waals surface area (Å²) in [5.41, 5.74) is 2.51. The monoisotopic (exact) mass is 418 g/mol. The lowest BCUT2D eigenvalue weighted by Gasteiger charge is -2.26. The third kappa shape index (κ3) is 6.80. The topological polar surface area (TPSA) is 71.6 Å². The van der Waals surface area contributed by atoms with Crippen molar-refractivity contribution in [3.8, 4) is 0 Å². The van der Waals surface area contributed by atoms with E-state index in [1.807, 2.05) is 36.1 Å². The molecule has 0 atom stereocenters. The fourth-order valence-corrected chi connectivity index (χ4v) is 3.67. The molecule has 0 aliphatic carbocycles. The summed E-state index contributed by atoms with van der Waals surface area (Å²) in [4.78, 5) is 20.0. The molecule has 0 saturated carbocycles. The van der Waals surface area contributed by atoms with Crippen LogP contribution in [0.5, 0.6) is 0 Å². The van der Waals surface area contributed by atoms with Crippen molar-refractivity contribution in [2.45, 2.75) is 40.2 Å². The van der Waals surface area contributed by atoms with Gasteiger partial charge < -0.3 is 25.2 Å². The Morgan fingerprint density at radius 1 is 1.21 bits per heavy atom. The lowest BCUT2D eigenvalue weighted by atomic mass is 10.1. The van der Waals surface area contributed by atoms with Crippen LogP contribution in [0.25, 0.3) is 10.9 Å². The molecule has 0 amide bonds. The number of H-pyrrole nitrogens is 1. The average Bonchev–Trinajstić information content (AvgIpc) is 2.72. The van der Waals surface area contributed by atoms with E-state index in [9.17, 15) is 9.90 Å². The second-order valence-electron chi connectivity index (χ2n) is 7.27. The Morgan fingerprint density at radius 3 is 2.66 bits per heavy atom. The predicted molar refractivity (Wildman–Crippen MR) is 124 cm³/mol. The first kappa shape index (κ1) is 23.3. The Morgan fingerprint density at radius 2 is 1.97 bits per heavy atom. The van der Waals surface area contributed by atoms with Crippen molar-refractivity contribution in [3.63, 3.8) is 0 Å². The van der Waals surface area contributed by atoms with Crippen LogP contribution in [-0.2, 0) is 6.54 Å². The van der Waals surface area contributed by atoms with Gasteiger partial charge in [-0.25, -0.2) is 0 Å². The van der Waals surface area contributed by atoms with Crippen LogP contribution < -0.4 is 10.9 Å². The summed E-state index contributed by atoms with van der Waals surface area (Å²) in [6.07, 6.45) is 1.61. The van der Waals surface area contributed by atoms with E-state index in [0.29, 0.717) is 30.2 Å². The number of nitrogens with one attached hydrogen (secondary N) is 2. The lowest BCUT2D eigenvalue weighted by molar-refractivity contribution is 0.263. The Kier molecular flexibility index (Phi) is 9.57. The van der Waals surface area contributed by atoms with E-state index in [0.717, 1.165) is 49.1 Å². The van der Waals surface area contributed by atoms with Gasteiger partial charge >= 0.3 is 0 Å². The zero-order chi connectivity index (χ0) is 21.2. The van der Waals surface area contributed by atoms with E-state index in [2.05, 4.69) is 29.0 Å². The normalized spacial score (nSPS) is 11.2. The number of para-hydroxylation sites is 1. The van der Waals surface area contributed by atoms with Gasteiger partial charge in [-0.3, -0.25) is 4.79 Å². The SMILES string of the molecule is CCN(CC)CCCNC(=S)N(CCCO)Cc1cc2cccc(C)c2[nH]c1=O. The lowest BCUT2D eigenvalue weighted by Crippen LogP contribution is -2.42. The summed E-state index contributed by atoms with van der Waals surface area (Å²) in [5.74, 6) is 0. The van der Waals surface area contributed by atoms with E-state index in [1.54, 1.807) is 0 Å². The van der Waals surface area contributed by atoms with Gasteiger partial charge in [0.05, 0.1) is 12.1 Å². The summed E-state index contributed by atoms with van der Waals surface area (Å²) >= 11 is 5.59. The van der Waals surface area contributed by atoms with Crippen molar-refractivity contribution < 1.29 is 5.11 Å². The number of aromatic amines is 1. The van der Waals surface area contributed by atoms with Gasteiger partial charge in [0.25, 0.3) is 5.56 Å². The number of fused-ring (bicyclic) bond motifs is 1. The number of thiocarbonyl (C=S) groups is 1. The van der Waals surface area contributed by atoms with Crippen LogP contribution in [0.15, 0.2) is 29.1 Å². The minimum absolute atomic E-state index is 0.0916. The van der Waals surface area contributed by atoms with Crippen molar-refractivity contribution in [1.82, 2.24) is 20.1 Å². The summed E-state index contributed by atoms with van der Waals surface area (Å²) in [6, 6.07) is 7.92. The van der Waals surface area contributed by atoms with Crippen LogP contribution in [0, 0.1) is 6.92 Å². The standard InChI is InChI=1S/C22H34N4O2S/c1-4-25(5-2)12-7-11-23-22(29)26(13-8-14-27)16-19-15-18-10-6-9-17(3)20(18)24-21(19)28/h6,9-10,15,27H,4-5,7-8,11-14,16H2,1-3H3,(H,23,29)(H,24,28). The van der Waals surface area contributed by atoms with E-state index in [-0.39, 0.29) is 12.2 Å². The maximum absolute atomic E-state index is 12.6. The number of rotatable bonds is 11. The number of benzene rings is 1. The van der Waals surface area contributed by atoms with E-state index < -0.39 is 0 Å². The van der Waals surface area contributed by atoms with Gasteiger partial charge in [-0.05, 0) is 68.6 Å². The second kappa shape index (κ2) is 11.9. The van der Waals surface area contributed by atoms with Gasteiger partial charge in [0.1, 0.15) is 0 Å². The Balaban J connectivity index is 2.06. The molecule has 1 aromatic carbocycles. The molecule has 1 aromatic heterocycles. The first-order chi connectivity index (χ1) is 14.0. The van der Waals surface area contributed by atoms with Crippen molar-refractivity contribution in [3.05, 3.63) is 45.7 Å². The van der Waals surface area contributed by atoms with Gasteiger partial charge in [0.2, 0.25) is 0 Å². The summed E-state index contributed by atoms with van der Waals surface area (Å²) < 4.78 is 0. The Hall–Kier alpha value is -1.96. The molecular weight excluding hydrogens is 384 g/mol. The molecule has 6 nitrogen and oxygen atoms in total. The quantitative estimate of drug-likeness (QED) is 0.385. The largest absolute Gasteiger partial charge is 0.396 e. The number of nitrogens with zero attached hydrogens (tertiary/aromatic N) is 2. The molecule has 7 heteroatoms. The molecule has 0 spiro atoms. The third-order valence-electron chi connectivity index (χ3n) is 5.22. The molecule has 0 bridgehead atoms. The van der Waals surface area contributed by atoms with Crippen molar-refractivity contribution in [2.75, 3.05) is 39.3 Å². The third-order valence-corrected chi connectivity index (χ3v) is 5.62. The second-order valence-corrected chi connectivity index (χ2v) is 7.66. The number of hydrogen-bond acceptors (Lipinski definition) is 4. The van der Waals surface area contributed by atoms with Crippen molar-refractivity contribution >= 4 is 28.2 Å². The average molecular weight is 419 g/mol. The van der Waals surface area contributed by atoms with Crippen LogP contribution in [0.3, 0.4) is 0 Å². The smallest absolute Gasteiger partial charge is 0.253 e. The molecule has 160 valence electrons. The van der Waals surface area contributed by atoms with Crippen molar-refractivity contribution in [1.29, 1.82) is 0 Å². The minimum Gasteiger partial charge on any atom is -0.396 e.